The zero-order valence-corrected chi connectivity index (χ0v) is 22.2. The fourth-order valence-electron chi connectivity index (χ4n) is 3.88. The van der Waals surface area contributed by atoms with Gasteiger partial charge in [-0.05, 0) is 54.8 Å². The van der Waals surface area contributed by atoms with Gasteiger partial charge in [-0.15, -0.1) is 23.2 Å². The molecule has 1 saturated carbocycles. The average molecular weight is 604 g/mol. The van der Waals surface area contributed by atoms with Crippen molar-refractivity contribution >= 4 is 81.2 Å². The van der Waals surface area contributed by atoms with Gasteiger partial charge in [-0.3, -0.25) is 14.4 Å². The number of unbranched alkanes of at least 4 members (excludes halogenated alkanes) is 2. The Hall–Kier alpha value is -1.51. The molecule has 0 heterocycles. The van der Waals surface area contributed by atoms with Crippen molar-refractivity contribution in [3.8, 4) is 0 Å². The first-order valence-electron chi connectivity index (χ1n) is 10.8. The largest absolute Gasteiger partial charge is 0.449 e. The summed E-state index contributed by atoms with van der Waals surface area (Å²) < 4.78 is 35.4. The molecule has 1 amide bonds. The quantitative estimate of drug-likeness (QED) is 0.168. The highest BCUT2D eigenvalue weighted by Gasteiger charge is 2.67. The van der Waals surface area contributed by atoms with E-state index >= 15 is 0 Å². The molecule has 2 aromatic carbocycles. The van der Waals surface area contributed by atoms with Gasteiger partial charge in [0, 0.05) is 40.1 Å². The molecule has 2 atom stereocenters. The van der Waals surface area contributed by atoms with Gasteiger partial charge in [0.2, 0.25) is 11.7 Å². The summed E-state index contributed by atoms with van der Waals surface area (Å²) in [7, 11) is 0. The van der Waals surface area contributed by atoms with Crippen LogP contribution in [0, 0.1) is 5.92 Å². The Morgan fingerprint density at radius 1 is 0.889 bits per heavy atom. The van der Waals surface area contributed by atoms with E-state index in [2.05, 4.69) is 5.32 Å². The summed E-state index contributed by atoms with van der Waals surface area (Å²) in [5.74, 6) is -3.95. The van der Waals surface area contributed by atoms with Crippen molar-refractivity contribution in [2.24, 2.45) is 5.92 Å². The van der Waals surface area contributed by atoms with Gasteiger partial charge < -0.3 is 5.32 Å². The van der Waals surface area contributed by atoms with Gasteiger partial charge in [0.15, 0.2) is 5.78 Å². The molecular formula is C24H19Cl5F3NO3. The highest BCUT2D eigenvalue weighted by atomic mass is 35.5. The summed E-state index contributed by atoms with van der Waals surface area (Å²) in [6.07, 6.45) is -4.87. The monoisotopic (exact) mass is 601 g/mol. The first-order valence-corrected chi connectivity index (χ1v) is 12.7. The van der Waals surface area contributed by atoms with E-state index in [-0.39, 0.29) is 42.1 Å². The maximum Gasteiger partial charge on any atom is 0.449 e. The standard InChI is InChI=1S/C24H19Cl5F3NO3/c25-13-8-12(9-14(26)10-13)20-21(23(20,28)29)22(36)33-15-6-7-17(27)16(11-15)18(34)4-2-1-3-5-19(35)24(30,31)32/h6-11,20-21H,1-5H2,(H,33,36). The number of anilines is 1. The Morgan fingerprint density at radius 3 is 2.11 bits per heavy atom. The molecule has 0 aromatic heterocycles. The Labute approximate surface area is 230 Å². The number of amides is 1. The molecule has 3 rings (SSSR count). The van der Waals surface area contributed by atoms with Crippen molar-refractivity contribution in [3.63, 3.8) is 0 Å². The van der Waals surface area contributed by atoms with Crippen LogP contribution in [0.2, 0.25) is 15.1 Å². The van der Waals surface area contributed by atoms with Crippen molar-refractivity contribution in [1.82, 2.24) is 0 Å². The highest BCUT2D eigenvalue weighted by molar-refractivity contribution is 6.53. The minimum atomic E-state index is -4.84. The van der Waals surface area contributed by atoms with E-state index in [1.54, 1.807) is 18.2 Å². The molecule has 1 aliphatic rings. The number of alkyl halides is 5. The van der Waals surface area contributed by atoms with Crippen LogP contribution in [-0.2, 0) is 9.59 Å². The van der Waals surface area contributed by atoms with E-state index in [0.717, 1.165) is 0 Å². The second-order valence-corrected chi connectivity index (χ2v) is 11.1. The van der Waals surface area contributed by atoms with Crippen molar-refractivity contribution in [2.45, 2.75) is 48.5 Å². The second-order valence-electron chi connectivity index (χ2n) is 8.42. The van der Waals surface area contributed by atoms with Crippen LogP contribution >= 0.6 is 58.0 Å². The van der Waals surface area contributed by atoms with Crippen LogP contribution in [0.5, 0.6) is 0 Å². The highest BCUT2D eigenvalue weighted by Crippen LogP contribution is 2.65. The molecule has 12 heteroatoms. The third-order valence-corrected chi connectivity index (χ3v) is 7.44. The normalized spacial score (nSPS) is 18.6. The van der Waals surface area contributed by atoms with Gasteiger partial charge in [-0.1, -0.05) is 41.2 Å². The number of carbonyl (C=O) groups is 3. The van der Waals surface area contributed by atoms with Crippen LogP contribution in [0.3, 0.4) is 0 Å². The maximum atomic E-state index is 12.9. The Kier molecular flexibility index (Phi) is 9.27. The lowest BCUT2D eigenvalue weighted by atomic mass is 10.0. The fourth-order valence-corrected chi connectivity index (χ4v) is 5.48. The van der Waals surface area contributed by atoms with E-state index in [0.29, 0.717) is 21.3 Å². The lowest BCUT2D eigenvalue weighted by Crippen LogP contribution is -2.22. The van der Waals surface area contributed by atoms with Crippen LogP contribution in [-0.4, -0.2) is 28.0 Å². The number of halogens is 8. The minimum Gasteiger partial charge on any atom is -0.326 e. The molecule has 36 heavy (non-hydrogen) atoms. The molecule has 1 aliphatic carbocycles. The first kappa shape index (κ1) is 29.1. The Bertz CT molecular complexity index is 1170. The number of hydrogen-bond acceptors (Lipinski definition) is 3. The van der Waals surface area contributed by atoms with Crippen LogP contribution in [0.4, 0.5) is 18.9 Å². The maximum absolute atomic E-state index is 12.9. The number of carbonyl (C=O) groups excluding carboxylic acids is 3. The Balaban J connectivity index is 1.59. The lowest BCUT2D eigenvalue weighted by molar-refractivity contribution is -0.171. The number of benzene rings is 2. The number of Topliss-reactive ketones (excluding diaryl/α,β-unsaturated/α-hetero) is 2. The van der Waals surface area contributed by atoms with Crippen LogP contribution < -0.4 is 5.32 Å². The fraction of sp³-hybridized carbons (Fsp3) is 0.375. The van der Waals surface area contributed by atoms with Crippen molar-refractivity contribution < 1.29 is 27.6 Å². The van der Waals surface area contributed by atoms with E-state index in [1.165, 1.54) is 18.2 Å². The van der Waals surface area contributed by atoms with Crippen molar-refractivity contribution in [1.29, 1.82) is 0 Å². The predicted molar refractivity (Wildman–Crippen MR) is 136 cm³/mol. The van der Waals surface area contributed by atoms with Crippen molar-refractivity contribution in [3.05, 3.63) is 62.6 Å². The molecule has 1 fully saturated rings. The van der Waals surface area contributed by atoms with E-state index in [9.17, 15) is 27.6 Å². The average Bonchev–Trinajstić information content (AvgIpc) is 3.35. The van der Waals surface area contributed by atoms with Gasteiger partial charge in [-0.2, -0.15) is 13.2 Å². The summed E-state index contributed by atoms with van der Waals surface area (Å²) >= 11 is 31.0. The number of nitrogens with one attached hydrogen (secondary N) is 1. The second kappa shape index (κ2) is 11.5. The summed E-state index contributed by atoms with van der Waals surface area (Å²) in [5.41, 5.74) is 1.06. The number of ketones is 2. The zero-order valence-electron chi connectivity index (χ0n) is 18.4. The van der Waals surface area contributed by atoms with E-state index in [1.807, 2.05) is 0 Å². The van der Waals surface area contributed by atoms with Gasteiger partial charge in [0.25, 0.3) is 0 Å². The molecule has 194 valence electrons. The SMILES string of the molecule is O=C(CCCCCC(=O)C(F)(F)F)c1cc(NC(=O)C2C(c3cc(Cl)cc(Cl)c3)C2(Cl)Cl)ccc1Cl. The molecular weight excluding hydrogens is 585 g/mol. The predicted octanol–water partition coefficient (Wildman–Crippen LogP) is 8.44. The van der Waals surface area contributed by atoms with Crippen LogP contribution in [0.25, 0.3) is 0 Å². The summed E-state index contributed by atoms with van der Waals surface area (Å²) in [4.78, 5) is 36.4. The molecule has 2 unspecified atom stereocenters. The molecule has 1 N–H and O–H groups in total. The van der Waals surface area contributed by atoms with Crippen LogP contribution in [0.1, 0.15) is 53.9 Å². The molecule has 0 bridgehead atoms. The third-order valence-electron chi connectivity index (χ3n) is 5.74. The molecule has 2 aromatic rings. The van der Waals surface area contributed by atoms with Gasteiger partial charge in [0.1, 0.15) is 4.33 Å². The molecule has 0 aliphatic heterocycles. The lowest BCUT2D eigenvalue weighted by Gasteiger charge is -2.09. The molecule has 0 radical (unpaired) electrons. The van der Waals surface area contributed by atoms with E-state index in [4.69, 9.17) is 58.0 Å². The summed E-state index contributed by atoms with van der Waals surface area (Å²) in [6.45, 7) is 0. The molecule has 0 saturated heterocycles. The summed E-state index contributed by atoms with van der Waals surface area (Å²) in [6, 6.07) is 9.17. The van der Waals surface area contributed by atoms with Crippen molar-refractivity contribution in [2.75, 3.05) is 5.32 Å². The zero-order chi connectivity index (χ0) is 26.8. The number of hydrogen-bond donors (Lipinski definition) is 1. The molecule has 0 spiro atoms. The van der Waals surface area contributed by atoms with Gasteiger partial charge >= 0.3 is 6.18 Å². The Morgan fingerprint density at radius 2 is 1.50 bits per heavy atom. The number of rotatable bonds is 10. The van der Waals surface area contributed by atoms with E-state index < -0.39 is 40.5 Å². The third kappa shape index (κ3) is 7.07. The summed E-state index contributed by atoms with van der Waals surface area (Å²) in [5, 5.41) is 3.60. The van der Waals surface area contributed by atoms with Gasteiger partial charge in [-0.25, -0.2) is 0 Å². The first-order chi connectivity index (χ1) is 16.7. The smallest absolute Gasteiger partial charge is 0.326 e. The van der Waals surface area contributed by atoms with Gasteiger partial charge in [0.05, 0.1) is 10.9 Å². The minimum absolute atomic E-state index is 0.0179. The topological polar surface area (TPSA) is 63.2 Å². The molecule has 4 nitrogen and oxygen atoms in total. The van der Waals surface area contributed by atoms with Crippen LogP contribution in [0.15, 0.2) is 36.4 Å².